The molecule has 2 atom stereocenters. The van der Waals surface area contributed by atoms with Crippen molar-refractivity contribution in [1.82, 2.24) is 10.6 Å². The number of rotatable bonds is 8. The molecule has 1 fully saturated rings. The zero-order valence-electron chi connectivity index (χ0n) is 17.5. The van der Waals surface area contributed by atoms with Crippen molar-refractivity contribution < 1.29 is 14.0 Å². The number of para-hydroxylation sites is 2. The van der Waals surface area contributed by atoms with Crippen molar-refractivity contribution in [1.29, 1.82) is 0 Å². The van der Waals surface area contributed by atoms with Crippen molar-refractivity contribution in [2.45, 2.75) is 24.9 Å². The lowest BCUT2D eigenvalue weighted by Gasteiger charge is -2.09. The van der Waals surface area contributed by atoms with Gasteiger partial charge >= 0.3 is 0 Å². The predicted octanol–water partition coefficient (Wildman–Crippen LogP) is 3.42. The summed E-state index contributed by atoms with van der Waals surface area (Å²) in [5.41, 5.74) is 9.41. The maximum Gasteiger partial charge on any atom is 0.255 e. The monoisotopic (exact) mass is 432 g/mol. The highest BCUT2D eigenvalue weighted by Crippen LogP contribution is 2.40. The third-order valence-corrected chi connectivity index (χ3v) is 5.53. The quantitative estimate of drug-likeness (QED) is 0.410. The first-order valence-corrected chi connectivity index (χ1v) is 10.5. The first kappa shape index (κ1) is 21.5. The number of amides is 2. The second-order valence-electron chi connectivity index (χ2n) is 7.90. The smallest absolute Gasteiger partial charge is 0.255 e. The molecule has 4 rings (SSSR count). The van der Waals surface area contributed by atoms with Crippen LogP contribution in [0.25, 0.3) is 0 Å². The Morgan fingerprint density at radius 1 is 0.969 bits per heavy atom. The number of halogens is 1. The largest absolute Gasteiger partial charge is 0.397 e. The Bertz CT molecular complexity index is 1100. The molecule has 0 saturated heterocycles. The average molecular weight is 432 g/mol. The molecule has 32 heavy (non-hydrogen) atoms. The molecule has 7 heteroatoms. The number of hydrogen-bond donors (Lipinski definition) is 4. The van der Waals surface area contributed by atoms with E-state index < -0.39 is 0 Å². The molecule has 164 valence electrons. The maximum absolute atomic E-state index is 13.0. The van der Waals surface area contributed by atoms with E-state index in [1.807, 2.05) is 12.1 Å². The molecule has 1 aliphatic rings. The molecule has 0 spiro atoms. The molecule has 2 amide bonds. The van der Waals surface area contributed by atoms with E-state index in [4.69, 9.17) is 5.73 Å². The van der Waals surface area contributed by atoms with Crippen molar-refractivity contribution in [2.75, 3.05) is 17.6 Å². The van der Waals surface area contributed by atoms with Crippen molar-refractivity contribution in [2.24, 2.45) is 0 Å². The molecule has 0 aliphatic heterocycles. The van der Waals surface area contributed by atoms with Crippen molar-refractivity contribution in [3.8, 4) is 0 Å². The van der Waals surface area contributed by atoms with Gasteiger partial charge in [-0.2, -0.15) is 0 Å². The summed E-state index contributed by atoms with van der Waals surface area (Å²) < 4.78 is 13.0. The van der Waals surface area contributed by atoms with E-state index in [1.54, 1.807) is 48.5 Å². The number of carbonyl (C=O) groups is 2. The van der Waals surface area contributed by atoms with Gasteiger partial charge in [-0.15, -0.1) is 0 Å². The highest BCUT2D eigenvalue weighted by Gasteiger charge is 2.38. The second-order valence-corrected chi connectivity index (χ2v) is 7.90. The summed E-state index contributed by atoms with van der Waals surface area (Å²) in [7, 11) is 0. The van der Waals surface area contributed by atoms with Gasteiger partial charge in [-0.1, -0.05) is 36.4 Å². The topological polar surface area (TPSA) is 96.2 Å². The highest BCUT2D eigenvalue weighted by atomic mass is 19.1. The van der Waals surface area contributed by atoms with Gasteiger partial charge < -0.3 is 21.7 Å². The summed E-state index contributed by atoms with van der Waals surface area (Å²) in [6.07, 6.45) is 0.942. The fourth-order valence-electron chi connectivity index (χ4n) is 3.57. The minimum Gasteiger partial charge on any atom is -0.397 e. The van der Waals surface area contributed by atoms with E-state index >= 15 is 0 Å². The van der Waals surface area contributed by atoms with Gasteiger partial charge in [0.1, 0.15) is 5.82 Å². The molecule has 1 aliphatic carbocycles. The van der Waals surface area contributed by atoms with Crippen molar-refractivity contribution in [3.05, 3.63) is 95.3 Å². The minimum absolute atomic E-state index is 0.101. The molecule has 1 saturated carbocycles. The van der Waals surface area contributed by atoms with Gasteiger partial charge in [0.15, 0.2) is 0 Å². The van der Waals surface area contributed by atoms with Crippen LogP contribution in [0.2, 0.25) is 0 Å². The van der Waals surface area contributed by atoms with Crippen LogP contribution in [-0.4, -0.2) is 24.4 Å². The van der Waals surface area contributed by atoms with E-state index in [0.717, 1.165) is 17.5 Å². The van der Waals surface area contributed by atoms with E-state index in [9.17, 15) is 14.0 Å². The Balaban J connectivity index is 1.20. The number of carbonyl (C=O) groups excluding carboxylic acids is 2. The molecule has 6 nitrogen and oxygen atoms in total. The molecule has 5 N–H and O–H groups in total. The van der Waals surface area contributed by atoms with Crippen LogP contribution in [0.3, 0.4) is 0 Å². The fourth-order valence-corrected chi connectivity index (χ4v) is 3.57. The average Bonchev–Trinajstić information content (AvgIpc) is 3.58. The molecule has 3 aromatic rings. The standard InChI is InChI=1S/C25H25FN4O2/c26-19-11-9-17(10-12-19)20-13-23(20)28-15-24(31)29-14-16-5-7-18(8-6-16)25(32)30-22-4-2-1-3-21(22)27/h1-12,20,23,28H,13-15,27H2,(H,29,31)(H,30,32). The normalized spacial score (nSPS) is 16.9. The lowest BCUT2D eigenvalue weighted by Crippen LogP contribution is -2.34. The predicted molar refractivity (Wildman–Crippen MR) is 123 cm³/mol. The molecule has 0 bridgehead atoms. The van der Waals surface area contributed by atoms with Crippen LogP contribution < -0.4 is 21.7 Å². The number of nitrogen functional groups attached to an aromatic ring is 1. The molecule has 0 aromatic heterocycles. The highest BCUT2D eigenvalue weighted by molar-refractivity contribution is 6.05. The molecule has 3 aromatic carbocycles. The summed E-state index contributed by atoms with van der Waals surface area (Å²) in [5, 5.41) is 8.90. The third-order valence-electron chi connectivity index (χ3n) is 5.53. The van der Waals surface area contributed by atoms with Crippen LogP contribution >= 0.6 is 0 Å². The van der Waals surface area contributed by atoms with Gasteiger partial charge in [-0.3, -0.25) is 9.59 Å². The minimum atomic E-state index is -0.247. The Morgan fingerprint density at radius 3 is 2.41 bits per heavy atom. The number of hydrogen-bond acceptors (Lipinski definition) is 4. The van der Waals surface area contributed by atoms with Crippen LogP contribution in [-0.2, 0) is 11.3 Å². The van der Waals surface area contributed by atoms with Crippen LogP contribution in [0.5, 0.6) is 0 Å². The van der Waals surface area contributed by atoms with Gasteiger partial charge in [0.25, 0.3) is 5.91 Å². The Hall–Kier alpha value is -3.71. The van der Waals surface area contributed by atoms with Crippen molar-refractivity contribution in [3.63, 3.8) is 0 Å². The Labute approximate surface area is 186 Å². The second kappa shape index (κ2) is 9.62. The number of nitrogens with one attached hydrogen (secondary N) is 3. The van der Waals surface area contributed by atoms with E-state index in [1.165, 1.54) is 12.1 Å². The molecular weight excluding hydrogens is 407 g/mol. The van der Waals surface area contributed by atoms with Gasteiger partial charge in [0.2, 0.25) is 5.91 Å². The van der Waals surface area contributed by atoms with Gasteiger partial charge in [0.05, 0.1) is 17.9 Å². The van der Waals surface area contributed by atoms with Crippen LogP contribution in [0.15, 0.2) is 72.8 Å². The summed E-state index contributed by atoms with van der Waals surface area (Å²) in [4.78, 5) is 24.5. The van der Waals surface area contributed by atoms with E-state index in [2.05, 4.69) is 16.0 Å². The number of benzene rings is 3. The zero-order chi connectivity index (χ0) is 22.5. The summed E-state index contributed by atoms with van der Waals surface area (Å²) >= 11 is 0. The summed E-state index contributed by atoms with van der Waals surface area (Å²) in [5.74, 6) is -0.264. The number of nitrogens with two attached hydrogens (primary N) is 1. The zero-order valence-corrected chi connectivity index (χ0v) is 17.5. The maximum atomic E-state index is 13.0. The fraction of sp³-hybridized carbons (Fsp3) is 0.200. The first-order valence-electron chi connectivity index (χ1n) is 10.5. The van der Waals surface area contributed by atoms with E-state index in [0.29, 0.717) is 29.4 Å². The summed E-state index contributed by atoms with van der Waals surface area (Å²) in [6.45, 7) is 0.599. The SMILES string of the molecule is Nc1ccccc1NC(=O)c1ccc(CNC(=O)CNC2CC2c2ccc(F)cc2)cc1. The van der Waals surface area contributed by atoms with E-state index in [-0.39, 0.29) is 30.2 Å². The molecule has 2 unspecified atom stereocenters. The molecule has 0 heterocycles. The Morgan fingerprint density at radius 2 is 1.69 bits per heavy atom. The van der Waals surface area contributed by atoms with Gasteiger partial charge in [-0.25, -0.2) is 4.39 Å². The number of anilines is 2. The van der Waals surface area contributed by atoms with Crippen LogP contribution in [0.4, 0.5) is 15.8 Å². The third kappa shape index (κ3) is 5.50. The molecule has 0 radical (unpaired) electrons. The van der Waals surface area contributed by atoms with Gasteiger partial charge in [0, 0.05) is 24.1 Å². The lowest BCUT2D eigenvalue weighted by molar-refractivity contribution is -0.120. The Kier molecular flexibility index (Phi) is 6.47. The lowest BCUT2D eigenvalue weighted by atomic mass is 10.1. The summed E-state index contributed by atoms with van der Waals surface area (Å²) in [6, 6.07) is 20.9. The van der Waals surface area contributed by atoms with Gasteiger partial charge in [-0.05, 0) is 53.9 Å². The first-order chi connectivity index (χ1) is 15.5. The van der Waals surface area contributed by atoms with Crippen LogP contribution in [0.1, 0.15) is 33.8 Å². The molecular formula is C25H25FN4O2. The van der Waals surface area contributed by atoms with Crippen LogP contribution in [0, 0.1) is 5.82 Å². The van der Waals surface area contributed by atoms with Crippen molar-refractivity contribution >= 4 is 23.2 Å².